The first-order chi connectivity index (χ1) is 6.23. The molecule has 1 rings (SSSR count). The number of rotatable bonds is 0. The first kappa shape index (κ1) is 10.9. The summed E-state index contributed by atoms with van der Waals surface area (Å²) in [5.74, 6) is 0. The van der Waals surface area contributed by atoms with Crippen molar-refractivity contribution in [2.45, 2.75) is 32.4 Å². The fourth-order valence-electron chi connectivity index (χ4n) is 1.15. The predicted molar refractivity (Wildman–Crippen MR) is 45.7 cm³/mol. The lowest BCUT2D eigenvalue weighted by molar-refractivity contribution is -0.142. The second-order valence-corrected chi connectivity index (χ2v) is 4.04. The SMILES string of the molecule is CC(C)(C)c1ccnnc1C(F)(F)F. The van der Waals surface area contributed by atoms with Crippen molar-refractivity contribution in [2.24, 2.45) is 0 Å². The second kappa shape index (κ2) is 3.22. The highest BCUT2D eigenvalue weighted by molar-refractivity contribution is 5.27. The molecule has 0 N–H and O–H groups in total. The molecule has 1 aromatic heterocycles. The highest BCUT2D eigenvalue weighted by atomic mass is 19.4. The van der Waals surface area contributed by atoms with Crippen LogP contribution < -0.4 is 0 Å². The Hall–Kier alpha value is -1.13. The zero-order chi connectivity index (χ0) is 11.0. The van der Waals surface area contributed by atoms with E-state index in [4.69, 9.17) is 0 Å². The first-order valence-corrected chi connectivity index (χ1v) is 4.12. The van der Waals surface area contributed by atoms with Gasteiger partial charge in [-0.05, 0) is 17.0 Å². The van der Waals surface area contributed by atoms with E-state index in [1.807, 2.05) is 0 Å². The number of nitrogens with zero attached hydrogens (tertiary/aromatic N) is 2. The maximum Gasteiger partial charge on any atom is 0.435 e. The van der Waals surface area contributed by atoms with Gasteiger partial charge in [0.2, 0.25) is 0 Å². The topological polar surface area (TPSA) is 25.8 Å². The van der Waals surface area contributed by atoms with Crippen LogP contribution in [0.2, 0.25) is 0 Å². The zero-order valence-electron chi connectivity index (χ0n) is 8.18. The summed E-state index contributed by atoms with van der Waals surface area (Å²) in [6.07, 6.45) is -3.16. The Bertz CT molecular complexity index is 293. The van der Waals surface area contributed by atoms with Gasteiger partial charge in [-0.2, -0.15) is 18.3 Å². The molecule has 0 atom stereocenters. The smallest absolute Gasteiger partial charge is 0.164 e. The molecule has 1 aromatic rings. The molecule has 1 heterocycles. The monoisotopic (exact) mass is 204 g/mol. The molecule has 2 nitrogen and oxygen atoms in total. The summed E-state index contributed by atoms with van der Waals surface area (Å²) in [6.45, 7) is 5.12. The van der Waals surface area contributed by atoms with Crippen molar-refractivity contribution in [3.05, 3.63) is 23.5 Å². The Balaban J connectivity index is 3.31. The summed E-state index contributed by atoms with van der Waals surface area (Å²) in [5, 5.41) is 6.40. The van der Waals surface area contributed by atoms with Gasteiger partial charge < -0.3 is 0 Å². The summed E-state index contributed by atoms with van der Waals surface area (Å²) in [5.41, 5.74) is -1.31. The maximum atomic E-state index is 12.5. The van der Waals surface area contributed by atoms with Gasteiger partial charge >= 0.3 is 6.18 Å². The Morgan fingerprint density at radius 2 is 1.71 bits per heavy atom. The van der Waals surface area contributed by atoms with E-state index in [-0.39, 0.29) is 5.56 Å². The van der Waals surface area contributed by atoms with Crippen molar-refractivity contribution >= 4 is 0 Å². The van der Waals surface area contributed by atoms with Crippen molar-refractivity contribution < 1.29 is 13.2 Å². The number of hydrogen-bond acceptors (Lipinski definition) is 2. The second-order valence-electron chi connectivity index (χ2n) is 4.04. The number of alkyl halides is 3. The van der Waals surface area contributed by atoms with E-state index in [1.165, 1.54) is 12.3 Å². The molecule has 0 saturated heterocycles. The third-order valence-corrected chi connectivity index (χ3v) is 1.80. The minimum atomic E-state index is -4.43. The van der Waals surface area contributed by atoms with E-state index >= 15 is 0 Å². The van der Waals surface area contributed by atoms with Crippen LogP contribution in [0.1, 0.15) is 32.0 Å². The van der Waals surface area contributed by atoms with Gasteiger partial charge in [-0.1, -0.05) is 20.8 Å². The normalized spacial score (nSPS) is 13.0. The Morgan fingerprint density at radius 1 is 1.14 bits per heavy atom. The molecule has 0 aliphatic carbocycles. The summed E-state index contributed by atoms with van der Waals surface area (Å²) < 4.78 is 37.4. The summed E-state index contributed by atoms with van der Waals surface area (Å²) in [7, 11) is 0. The van der Waals surface area contributed by atoms with Crippen LogP contribution in [0.4, 0.5) is 13.2 Å². The summed E-state index contributed by atoms with van der Waals surface area (Å²) in [4.78, 5) is 0. The molecule has 5 heteroatoms. The first-order valence-electron chi connectivity index (χ1n) is 4.12. The van der Waals surface area contributed by atoms with Crippen LogP contribution in [-0.4, -0.2) is 10.2 Å². The van der Waals surface area contributed by atoms with Crippen LogP contribution in [0.25, 0.3) is 0 Å². The van der Waals surface area contributed by atoms with Crippen molar-refractivity contribution in [3.63, 3.8) is 0 Å². The zero-order valence-corrected chi connectivity index (χ0v) is 8.18. The molecular weight excluding hydrogens is 193 g/mol. The van der Waals surface area contributed by atoms with Crippen LogP contribution >= 0.6 is 0 Å². The van der Waals surface area contributed by atoms with Gasteiger partial charge in [-0.15, -0.1) is 5.10 Å². The quantitative estimate of drug-likeness (QED) is 0.649. The van der Waals surface area contributed by atoms with E-state index < -0.39 is 17.3 Å². The molecule has 0 spiro atoms. The molecule has 0 bridgehead atoms. The molecule has 0 unspecified atom stereocenters. The van der Waals surface area contributed by atoms with E-state index in [0.29, 0.717) is 0 Å². The Morgan fingerprint density at radius 3 is 2.07 bits per heavy atom. The minimum absolute atomic E-state index is 0.167. The Labute approximate surface area is 80.2 Å². The highest BCUT2D eigenvalue weighted by Gasteiger charge is 2.38. The average Bonchev–Trinajstić information content (AvgIpc) is 2.01. The Kier molecular flexibility index (Phi) is 2.52. The van der Waals surface area contributed by atoms with Gasteiger partial charge in [-0.25, -0.2) is 0 Å². The summed E-state index contributed by atoms with van der Waals surface area (Å²) >= 11 is 0. The molecule has 0 aliphatic heterocycles. The summed E-state index contributed by atoms with van der Waals surface area (Å²) in [6, 6.07) is 1.36. The van der Waals surface area contributed by atoms with Crippen LogP contribution in [0.5, 0.6) is 0 Å². The number of aromatic nitrogens is 2. The van der Waals surface area contributed by atoms with Crippen molar-refractivity contribution in [3.8, 4) is 0 Å². The van der Waals surface area contributed by atoms with Crippen molar-refractivity contribution in [1.29, 1.82) is 0 Å². The molecule has 0 fully saturated rings. The molecule has 0 saturated carbocycles. The van der Waals surface area contributed by atoms with Crippen LogP contribution in [-0.2, 0) is 11.6 Å². The molecule has 0 radical (unpaired) electrons. The minimum Gasteiger partial charge on any atom is -0.164 e. The lowest BCUT2D eigenvalue weighted by Gasteiger charge is -2.22. The fourth-order valence-corrected chi connectivity index (χ4v) is 1.15. The van der Waals surface area contributed by atoms with E-state index in [0.717, 1.165) is 0 Å². The van der Waals surface area contributed by atoms with Gasteiger partial charge in [0.05, 0.1) is 0 Å². The predicted octanol–water partition coefficient (Wildman–Crippen LogP) is 2.79. The van der Waals surface area contributed by atoms with Crippen molar-refractivity contribution in [2.75, 3.05) is 0 Å². The van der Waals surface area contributed by atoms with E-state index in [2.05, 4.69) is 10.2 Å². The third-order valence-electron chi connectivity index (χ3n) is 1.80. The largest absolute Gasteiger partial charge is 0.435 e. The van der Waals surface area contributed by atoms with E-state index in [1.54, 1.807) is 20.8 Å². The molecular formula is C9H11F3N2. The average molecular weight is 204 g/mol. The van der Waals surface area contributed by atoms with Gasteiger partial charge in [-0.3, -0.25) is 0 Å². The number of hydrogen-bond donors (Lipinski definition) is 0. The molecule has 14 heavy (non-hydrogen) atoms. The van der Waals surface area contributed by atoms with Crippen molar-refractivity contribution in [1.82, 2.24) is 10.2 Å². The highest BCUT2D eigenvalue weighted by Crippen LogP contribution is 2.35. The van der Waals surface area contributed by atoms with Gasteiger partial charge in [0, 0.05) is 6.20 Å². The van der Waals surface area contributed by atoms with E-state index in [9.17, 15) is 13.2 Å². The molecule has 0 aromatic carbocycles. The third kappa shape index (κ3) is 2.21. The van der Waals surface area contributed by atoms with Gasteiger partial charge in [0.25, 0.3) is 0 Å². The van der Waals surface area contributed by atoms with Crippen LogP contribution in [0, 0.1) is 0 Å². The van der Waals surface area contributed by atoms with Gasteiger partial charge in [0.1, 0.15) is 0 Å². The van der Waals surface area contributed by atoms with Crippen LogP contribution in [0.3, 0.4) is 0 Å². The molecule has 0 amide bonds. The standard InChI is InChI=1S/C9H11F3N2/c1-8(2,3)6-4-5-13-14-7(6)9(10,11)12/h4-5H,1-3H3. The van der Waals surface area contributed by atoms with Gasteiger partial charge in [0.15, 0.2) is 5.69 Å². The lowest BCUT2D eigenvalue weighted by atomic mass is 9.86. The molecule has 0 aliphatic rings. The van der Waals surface area contributed by atoms with Crippen LogP contribution in [0.15, 0.2) is 12.3 Å². The lowest BCUT2D eigenvalue weighted by Crippen LogP contribution is -2.21. The fraction of sp³-hybridized carbons (Fsp3) is 0.556. The molecule has 78 valence electrons. The maximum absolute atomic E-state index is 12.5. The number of halogens is 3.